The number of methoxy groups -OCH3 is 1. The highest BCUT2D eigenvalue weighted by atomic mass is 35.5. The fraction of sp³-hybridized carbons (Fsp3) is 0.286. The number of hydrogen-bond acceptors (Lipinski definition) is 8. The minimum absolute atomic E-state index is 0.00806. The van der Waals surface area contributed by atoms with Crippen LogP contribution in [-0.4, -0.2) is 54.3 Å². The number of amides is 1. The third-order valence-corrected chi connectivity index (χ3v) is 3.37. The number of nitrogens with one attached hydrogen (secondary N) is 2. The maximum atomic E-state index is 11.8. The minimum Gasteiger partial charge on any atom is -0.437 e. The van der Waals surface area contributed by atoms with Gasteiger partial charge in [-0.15, -0.1) is 0 Å². The Morgan fingerprint density at radius 3 is 2.84 bits per heavy atom. The molecule has 2 aromatic heterocycles. The Hall–Kier alpha value is -3.01. The van der Waals surface area contributed by atoms with Gasteiger partial charge in [0.05, 0.1) is 7.11 Å². The van der Waals surface area contributed by atoms with Crippen molar-refractivity contribution in [2.75, 3.05) is 37.9 Å². The van der Waals surface area contributed by atoms with Crippen LogP contribution in [0.2, 0.25) is 5.15 Å². The molecule has 0 unspecified atom stereocenters. The van der Waals surface area contributed by atoms with E-state index < -0.39 is 6.16 Å². The van der Waals surface area contributed by atoms with Gasteiger partial charge < -0.3 is 30.4 Å². The van der Waals surface area contributed by atoms with Crippen LogP contribution in [0.5, 0.6) is 5.88 Å². The summed E-state index contributed by atoms with van der Waals surface area (Å²) >= 11 is 6.05. The maximum absolute atomic E-state index is 11.8. The number of carbonyl (C=O) groups is 2. The number of likely N-dealkylation sites (N-methyl/N-ethyl adjacent to an activating group) is 1. The van der Waals surface area contributed by atoms with Crippen LogP contribution in [0.3, 0.4) is 0 Å². The van der Waals surface area contributed by atoms with Crippen LogP contribution in [0.4, 0.5) is 16.4 Å². The van der Waals surface area contributed by atoms with Gasteiger partial charge in [0.15, 0.2) is 16.8 Å². The van der Waals surface area contributed by atoms with Crippen molar-refractivity contribution in [2.45, 2.75) is 0 Å². The molecule has 10 nitrogen and oxygen atoms in total. The number of halogens is 1. The van der Waals surface area contributed by atoms with Crippen LogP contribution in [0.1, 0.15) is 10.5 Å². The zero-order valence-corrected chi connectivity index (χ0v) is 14.3. The van der Waals surface area contributed by atoms with E-state index in [0.717, 1.165) is 7.11 Å². The standard InChI is InChI=1S/C14H17ClN6O4/c1-21(7-6-18-12(22)8-4-3-5-17-8)11-9(15)19-13(10(16)20-11)25-14(23)24-2/h3-5,17H,6-7H2,1-2H3,(H2,16,20)(H,18,22). The summed E-state index contributed by atoms with van der Waals surface area (Å²) in [6.07, 6.45) is 0.683. The molecule has 11 heteroatoms. The summed E-state index contributed by atoms with van der Waals surface area (Å²) in [6.45, 7) is 0.740. The predicted octanol–water partition coefficient (Wildman–Crippen LogP) is 1.05. The molecule has 0 aromatic carbocycles. The molecule has 0 aliphatic carbocycles. The highest BCUT2D eigenvalue weighted by Crippen LogP contribution is 2.27. The van der Waals surface area contributed by atoms with Crippen molar-refractivity contribution in [2.24, 2.45) is 0 Å². The van der Waals surface area contributed by atoms with Crippen LogP contribution >= 0.6 is 11.6 Å². The zero-order chi connectivity index (χ0) is 18.4. The molecule has 0 aliphatic heterocycles. The average Bonchev–Trinajstić information content (AvgIpc) is 3.12. The highest BCUT2D eigenvalue weighted by Gasteiger charge is 2.17. The van der Waals surface area contributed by atoms with Crippen molar-refractivity contribution in [3.05, 3.63) is 29.2 Å². The summed E-state index contributed by atoms with van der Waals surface area (Å²) in [5.74, 6) is -0.302. The fourth-order valence-electron chi connectivity index (χ4n) is 1.85. The monoisotopic (exact) mass is 368 g/mol. The number of H-pyrrole nitrogens is 1. The molecule has 4 N–H and O–H groups in total. The van der Waals surface area contributed by atoms with Gasteiger partial charge in [0.25, 0.3) is 11.8 Å². The lowest BCUT2D eigenvalue weighted by Gasteiger charge is -2.19. The van der Waals surface area contributed by atoms with Gasteiger partial charge in [-0.05, 0) is 12.1 Å². The van der Waals surface area contributed by atoms with Crippen molar-refractivity contribution < 1.29 is 19.1 Å². The summed E-state index contributed by atoms with van der Waals surface area (Å²) in [4.78, 5) is 35.3. The number of nitrogens with two attached hydrogens (primary N) is 1. The molecule has 0 atom stereocenters. The number of aromatic amines is 1. The number of hydrogen-bond donors (Lipinski definition) is 3. The van der Waals surface area contributed by atoms with Gasteiger partial charge >= 0.3 is 6.16 Å². The number of nitrogen functional groups attached to an aromatic ring is 1. The average molecular weight is 369 g/mol. The second-order valence-corrected chi connectivity index (χ2v) is 5.20. The lowest BCUT2D eigenvalue weighted by Crippen LogP contribution is -2.33. The Labute approximate surface area is 148 Å². The SMILES string of the molecule is COC(=O)Oc1nc(Cl)c(N(C)CCNC(=O)c2ccc[nH]2)nc1N. The van der Waals surface area contributed by atoms with E-state index >= 15 is 0 Å². The van der Waals surface area contributed by atoms with E-state index in [4.69, 9.17) is 22.1 Å². The molecule has 0 radical (unpaired) electrons. The van der Waals surface area contributed by atoms with Gasteiger partial charge in [0, 0.05) is 26.3 Å². The fourth-order valence-corrected chi connectivity index (χ4v) is 2.12. The molecular weight excluding hydrogens is 352 g/mol. The molecule has 2 rings (SSSR count). The molecule has 2 aromatic rings. The molecule has 1 amide bonds. The zero-order valence-electron chi connectivity index (χ0n) is 13.6. The first kappa shape index (κ1) is 18.3. The van der Waals surface area contributed by atoms with E-state index in [1.165, 1.54) is 0 Å². The van der Waals surface area contributed by atoms with Crippen molar-refractivity contribution >= 4 is 35.3 Å². The van der Waals surface area contributed by atoms with E-state index in [1.807, 2.05) is 0 Å². The molecule has 25 heavy (non-hydrogen) atoms. The molecule has 134 valence electrons. The predicted molar refractivity (Wildman–Crippen MR) is 90.9 cm³/mol. The summed E-state index contributed by atoms with van der Waals surface area (Å²) in [5.41, 5.74) is 6.17. The first-order valence-electron chi connectivity index (χ1n) is 7.14. The van der Waals surface area contributed by atoms with Gasteiger partial charge in [-0.25, -0.2) is 9.78 Å². The summed E-state index contributed by atoms with van der Waals surface area (Å²) < 4.78 is 9.09. The smallest absolute Gasteiger partial charge is 0.437 e. The Morgan fingerprint density at radius 1 is 1.44 bits per heavy atom. The third kappa shape index (κ3) is 4.73. The van der Waals surface area contributed by atoms with Crippen LogP contribution in [0.15, 0.2) is 18.3 Å². The van der Waals surface area contributed by atoms with Crippen molar-refractivity contribution in [3.63, 3.8) is 0 Å². The van der Waals surface area contributed by atoms with Gasteiger partial charge in [-0.3, -0.25) is 4.79 Å². The topological polar surface area (TPSA) is 135 Å². The van der Waals surface area contributed by atoms with Gasteiger partial charge in [0.2, 0.25) is 0 Å². The lowest BCUT2D eigenvalue weighted by molar-refractivity contribution is 0.0950. The first-order valence-corrected chi connectivity index (χ1v) is 7.51. The second kappa shape index (κ2) is 8.20. The lowest BCUT2D eigenvalue weighted by atomic mass is 10.4. The first-order chi connectivity index (χ1) is 11.9. The molecule has 2 heterocycles. The van der Waals surface area contributed by atoms with Crippen molar-refractivity contribution in [1.29, 1.82) is 0 Å². The summed E-state index contributed by atoms with van der Waals surface area (Å²) in [6, 6.07) is 3.40. The second-order valence-electron chi connectivity index (χ2n) is 4.85. The van der Waals surface area contributed by atoms with Crippen molar-refractivity contribution in [1.82, 2.24) is 20.3 Å². The normalized spacial score (nSPS) is 10.2. The number of rotatable bonds is 6. The summed E-state index contributed by atoms with van der Waals surface area (Å²) in [5, 5.41) is 2.74. The van der Waals surface area contributed by atoms with E-state index in [1.54, 1.807) is 30.3 Å². The minimum atomic E-state index is -0.981. The van der Waals surface area contributed by atoms with E-state index in [2.05, 4.69) is 25.0 Å². The van der Waals surface area contributed by atoms with Gasteiger partial charge in [0.1, 0.15) is 5.69 Å². The van der Waals surface area contributed by atoms with Crippen LogP contribution < -0.4 is 20.7 Å². The number of anilines is 2. The van der Waals surface area contributed by atoms with E-state index in [9.17, 15) is 9.59 Å². The Morgan fingerprint density at radius 2 is 2.20 bits per heavy atom. The largest absolute Gasteiger partial charge is 0.515 e. The Bertz CT molecular complexity index is 752. The van der Waals surface area contributed by atoms with Crippen molar-refractivity contribution in [3.8, 4) is 5.88 Å². The van der Waals surface area contributed by atoms with Crippen LogP contribution in [0.25, 0.3) is 0 Å². The molecule has 0 bridgehead atoms. The molecule has 0 fully saturated rings. The van der Waals surface area contributed by atoms with E-state index in [-0.39, 0.29) is 28.6 Å². The molecule has 0 spiro atoms. The molecular formula is C14H17ClN6O4. The Kier molecular flexibility index (Phi) is 6.01. The van der Waals surface area contributed by atoms with Crippen LogP contribution in [0, 0.1) is 0 Å². The third-order valence-electron chi connectivity index (χ3n) is 3.11. The number of aromatic nitrogens is 3. The Balaban J connectivity index is 1.97. The quantitative estimate of drug-likeness (QED) is 0.644. The highest BCUT2D eigenvalue weighted by molar-refractivity contribution is 6.31. The maximum Gasteiger partial charge on any atom is 0.515 e. The number of ether oxygens (including phenoxy) is 2. The molecule has 0 saturated carbocycles. The van der Waals surface area contributed by atoms with Gasteiger partial charge in [-0.1, -0.05) is 11.6 Å². The summed E-state index contributed by atoms with van der Waals surface area (Å²) in [7, 11) is 2.86. The number of carbonyl (C=O) groups excluding carboxylic acids is 2. The number of nitrogens with zero attached hydrogens (tertiary/aromatic N) is 3. The molecule has 0 aliphatic rings. The molecule has 0 saturated heterocycles. The van der Waals surface area contributed by atoms with Crippen LogP contribution in [-0.2, 0) is 4.74 Å². The van der Waals surface area contributed by atoms with Gasteiger partial charge in [-0.2, -0.15) is 4.98 Å². The van der Waals surface area contributed by atoms with E-state index in [0.29, 0.717) is 18.8 Å².